The normalized spacial score (nSPS) is 12.0. The summed E-state index contributed by atoms with van der Waals surface area (Å²) >= 11 is 3.39. The van der Waals surface area contributed by atoms with Crippen LogP contribution in [0.5, 0.6) is 0 Å². The van der Waals surface area contributed by atoms with Gasteiger partial charge >= 0.3 is 0 Å². The molecule has 0 bridgehead atoms. The molecule has 7 nitrogen and oxygen atoms in total. The minimum Gasteiger partial charge on any atom is -0.357 e. The van der Waals surface area contributed by atoms with E-state index < -0.39 is 40.2 Å². The predicted molar refractivity (Wildman–Crippen MR) is 136 cm³/mol. The lowest BCUT2D eigenvalue weighted by atomic mass is 10.1. The number of benzene rings is 3. The number of carbonyl (C=O) groups is 2. The number of sulfonamides is 1. The van der Waals surface area contributed by atoms with E-state index in [1.807, 2.05) is 6.07 Å². The Bertz CT molecular complexity index is 1300. The van der Waals surface area contributed by atoms with Crippen LogP contribution in [0.4, 0.5) is 10.1 Å². The molecule has 3 rings (SSSR count). The Morgan fingerprint density at radius 2 is 1.66 bits per heavy atom. The van der Waals surface area contributed by atoms with E-state index in [4.69, 9.17) is 0 Å². The number of hydrogen-bond donors (Lipinski definition) is 1. The molecule has 3 aromatic carbocycles. The van der Waals surface area contributed by atoms with Crippen LogP contribution in [0.15, 0.2) is 88.2 Å². The van der Waals surface area contributed by atoms with Gasteiger partial charge in [-0.1, -0.05) is 58.4 Å². The van der Waals surface area contributed by atoms with Gasteiger partial charge in [-0.25, -0.2) is 12.8 Å². The maximum atomic E-state index is 14.8. The van der Waals surface area contributed by atoms with Crippen molar-refractivity contribution in [2.75, 3.05) is 17.9 Å². The number of rotatable bonds is 9. The van der Waals surface area contributed by atoms with Gasteiger partial charge in [-0.2, -0.15) is 0 Å². The van der Waals surface area contributed by atoms with Crippen LogP contribution in [0.1, 0.15) is 12.5 Å². The van der Waals surface area contributed by atoms with Gasteiger partial charge in [0.05, 0.1) is 10.6 Å². The maximum absolute atomic E-state index is 14.8. The molecule has 10 heteroatoms. The molecular formula is C25H25BrFN3O4S. The van der Waals surface area contributed by atoms with Gasteiger partial charge in [-0.05, 0) is 48.9 Å². The lowest BCUT2D eigenvalue weighted by molar-refractivity contribution is -0.139. The van der Waals surface area contributed by atoms with Crippen molar-refractivity contribution < 1.29 is 22.4 Å². The molecule has 0 fully saturated rings. The van der Waals surface area contributed by atoms with Gasteiger partial charge in [0.15, 0.2) is 0 Å². The largest absolute Gasteiger partial charge is 0.357 e. The highest BCUT2D eigenvalue weighted by atomic mass is 79.9. The maximum Gasteiger partial charge on any atom is 0.264 e. The second-order valence-electron chi connectivity index (χ2n) is 7.72. The third-order valence-corrected chi connectivity index (χ3v) is 7.65. The van der Waals surface area contributed by atoms with Crippen molar-refractivity contribution in [2.24, 2.45) is 0 Å². The molecule has 0 heterocycles. The number of nitrogens with one attached hydrogen (secondary N) is 1. The van der Waals surface area contributed by atoms with Crippen LogP contribution in [-0.2, 0) is 26.2 Å². The van der Waals surface area contributed by atoms with Gasteiger partial charge in [0, 0.05) is 18.1 Å². The Kier molecular flexibility index (Phi) is 8.63. The van der Waals surface area contributed by atoms with Gasteiger partial charge in [0.25, 0.3) is 10.0 Å². The Balaban J connectivity index is 2.04. The SMILES string of the molecule is CNC(=O)[C@@H](C)N(Cc1cccc(Br)c1)C(=O)CN(c1ccccc1F)S(=O)(=O)c1ccccc1. The number of amides is 2. The average molecular weight is 562 g/mol. The van der Waals surface area contributed by atoms with Crippen molar-refractivity contribution in [2.45, 2.75) is 24.4 Å². The lowest BCUT2D eigenvalue weighted by Crippen LogP contribution is -2.50. The second kappa shape index (κ2) is 11.5. The van der Waals surface area contributed by atoms with Crippen molar-refractivity contribution in [3.05, 3.63) is 94.7 Å². The highest BCUT2D eigenvalue weighted by Crippen LogP contribution is 2.27. The van der Waals surface area contributed by atoms with Crippen molar-refractivity contribution >= 4 is 43.5 Å². The minimum atomic E-state index is -4.30. The summed E-state index contributed by atoms with van der Waals surface area (Å²) in [5.74, 6) is -1.88. The Hall–Kier alpha value is -3.24. The quantitative estimate of drug-likeness (QED) is 0.428. The summed E-state index contributed by atoms with van der Waals surface area (Å²) in [6, 6.07) is 19.1. The summed E-state index contributed by atoms with van der Waals surface area (Å²) in [5, 5.41) is 2.51. The van der Waals surface area contributed by atoms with Gasteiger partial charge in [-0.15, -0.1) is 0 Å². The van der Waals surface area contributed by atoms with Crippen molar-refractivity contribution in [3.63, 3.8) is 0 Å². The summed E-state index contributed by atoms with van der Waals surface area (Å²) < 4.78 is 43.3. The molecule has 2 amide bonds. The molecule has 0 aliphatic carbocycles. The molecule has 0 saturated heterocycles. The summed E-state index contributed by atoms with van der Waals surface area (Å²) in [4.78, 5) is 27.2. The molecular weight excluding hydrogens is 537 g/mol. The number of anilines is 1. The first-order valence-electron chi connectivity index (χ1n) is 10.7. The van der Waals surface area contributed by atoms with Crippen molar-refractivity contribution in [1.82, 2.24) is 10.2 Å². The molecule has 1 atom stereocenters. The first-order chi connectivity index (χ1) is 16.6. The number of nitrogens with zero attached hydrogens (tertiary/aromatic N) is 2. The first kappa shape index (κ1) is 26.4. The predicted octanol–water partition coefficient (Wildman–Crippen LogP) is 3.95. The zero-order valence-corrected chi connectivity index (χ0v) is 21.6. The number of carbonyl (C=O) groups excluding carboxylic acids is 2. The molecule has 0 saturated carbocycles. The number of likely N-dealkylation sites (N-methyl/N-ethyl adjacent to an activating group) is 1. The van der Waals surface area contributed by atoms with E-state index in [1.165, 1.54) is 42.3 Å². The third-order valence-electron chi connectivity index (χ3n) is 5.39. The van der Waals surface area contributed by atoms with Crippen molar-refractivity contribution in [3.8, 4) is 0 Å². The summed E-state index contributed by atoms with van der Waals surface area (Å²) in [6.07, 6.45) is 0. The van der Waals surface area contributed by atoms with Crippen LogP contribution in [0.2, 0.25) is 0 Å². The highest BCUT2D eigenvalue weighted by Gasteiger charge is 2.33. The van der Waals surface area contributed by atoms with E-state index in [0.29, 0.717) is 0 Å². The molecule has 0 aromatic heterocycles. The zero-order chi connectivity index (χ0) is 25.6. The summed E-state index contributed by atoms with van der Waals surface area (Å²) in [7, 11) is -2.85. The lowest BCUT2D eigenvalue weighted by Gasteiger charge is -2.31. The fraction of sp³-hybridized carbons (Fsp3) is 0.200. The number of hydrogen-bond acceptors (Lipinski definition) is 4. The fourth-order valence-electron chi connectivity index (χ4n) is 3.51. The second-order valence-corrected chi connectivity index (χ2v) is 10.5. The van der Waals surface area contributed by atoms with E-state index in [0.717, 1.165) is 20.4 Å². The number of halogens is 2. The topological polar surface area (TPSA) is 86.8 Å². The van der Waals surface area contributed by atoms with E-state index in [1.54, 1.807) is 43.3 Å². The third kappa shape index (κ3) is 6.26. The summed E-state index contributed by atoms with van der Waals surface area (Å²) in [5.41, 5.74) is 0.464. The smallest absolute Gasteiger partial charge is 0.264 e. The summed E-state index contributed by atoms with van der Waals surface area (Å²) in [6.45, 7) is 0.894. The molecule has 0 spiro atoms. The van der Waals surface area contributed by atoms with Gasteiger partial charge in [-0.3, -0.25) is 13.9 Å². The van der Waals surface area contributed by atoms with E-state index in [2.05, 4.69) is 21.2 Å². The molecule has 35 heavy (non-hydrogen) atoms. The first-order valence-corrected chi connectivity index (χ1v) is 13.0. The van der Waals surface area contributed by atoms with E-state index in [9.17, 15) is 22.4 Å². The molecule has 0 unspecified atom stereocenters. The average Bonchev–Trinajstić information content (AvgIpc) is 2.85. The van der Waals surface area contributed by atoms with Crippen molar-refractivity contribution in [1.29, 1.82) is 0 Å². The van der Waals surface area contributed by atoms with Crippen LogP contribution in [0.25, 0.3) is 0 Å². The number of para-hydroxylation sites is 1. The standard InChI is InChI=1S/C25H25BrFN3O4S/c1-18(25(32)28-2)29(16-19-9-8-10-20(26)15-19)24(31)17-30(23-14-7-6-13-22(23)27)35(33,34)21-11-4-3-5-12-21/h3-15,18H,16-17H2,1-2H3,(H,28,32)/t18-/m1/s1. The van der Waals surface area contributed by atoms with Crippen LogP contribution in [0, 0.1) is 5.82 Å². The van der Waals surface area contributed by atoms with E-state index in [-0.39, 0.29) is 17.1 Å². The zero-order valence-electron chi connectivity index (χ0n) is 19.2. The van der Waals surface area contributed by atoms with Crippen LogP contribution in [-0.4, -0.2) is 44.8 Å². The molecule has 3 aromatic rings. The van der Waals surface area contributed by atoms with Crippen LogP contribution < -0.4 is 9.62 Å². The van der Waals surface area contributed by atoms with E-state index >= 15 is 0 Å². The van der Waals surface area contributed by atoms with Crippen LogP contribution in [0.3, 0.4) is 0 Å². The Morgan fingerprint density at radius 3 is 2.29 bits per heavy atom. The Morgan fingerprint density at radius 1 is 1.00 bits per heavy atom. The fourth-order valence-corrected chi connectivity index (χ4v) is 5.40. The minimum absolute atomic E-state index is 0.0450. The van der Waals surface area contributed by atoms with Crippen LogP contribution >= 0.6 is 15.9 Å². The molecule has 0 aliphatic rings. The molecule has 0 aliphatic heterocycles. The molecule has 184 valence electrons. The van der Waals surface area contributed by atoms with Gasteiger partial charge < -0.3 is 10.2 Å². The molecule has 1 N–H and O–H groups in total. The monoisotopic (exact) mass is 561 g/mol. The van der Waals surface area contributed by atoms with Gasteiger partial charge in [0.1, 0.15) is 18.4 Å². The highest BCUT2D eigenvalue weighted by molar-refractivity contribution is 9.10. The molecule has 0 radical (unpaired) electrons. The van der Waals surface area contributed by atoms with Gasteiger partial charge in [0.2, 0.25) is 11.8 Å². The Labute approximate surface area is 212 Å².